The van der Waals surface area contributed by atoms with Gasteiger partial charge in [0.1, 0.15) is 5.75 Å². The van der Waals surface area contributed by atoms with Crippen LogP contribution in [0.1, 0.15) is 11.1 Å². The summed E-state index contributed by atoms with van der Waals surface area (Å²) in [5.41, 5.74) is 2.33. The highest BCUT2D eigenvalue weighted by Gasteiger charge is 2.07. The Bertz CT molecular complexity index is 643. The van der Waals surface area contributed by atoms with Gasteiger partial charge in [0.05, 0.1) is 6.61 Å². The SMILES string of the molecule is Cc1ccc(CO)cc1NC(=O)COc1cccc(Cl)c1. The third kappa shape index (κ3) is 4.48. The average Bonchev–Trinajstić information content (AvgIpc) is 2.47. The van der Waals surface area contributed by atoms with E-state index in [2.05, 4.69) is 5.32 Å². The topological polar surface area (TPSA) is 58.6 Å². The van der Waals surface area contributed by atoms with Crippen molar-refractivity contribution in [3.63, 3.8) is 0 Å². The molecular formula is C16H16ClNO3. The van der Waals surface area contributed by atoms with Crippen molar-refractivity contribution in [2.75, 3.05) is 11.9 Å². The number of halogens is 1. The molecule has 0 atom stereocenters. The first-order valence-electron chi connectivity index (χ1n) is 6.47. The molecule has 2 aromatic rings. The number of rotatable bonds is 5. The van der Waals surface area contributed by atoms with Crippen LogP contribution in [0.4, 0.5) is 5.69 Å². The fraction of sp³-hybridized carbons (Fsp3) is 0.188. The van der Waals surface area contributed by atoms with E-state index in [1.165, 1.54) is 0 Å². The van der Waals surface area contributed by atoms with E-state index in [-0.39, 0.29) is 19.1 Å². The molecule has 0 bridgehead atoms. The Kier molecular flexibility index (Phi) is 5.20. The zero-order valence-corrected chi connectivity index (χ0v) is 12.4. The third-order valence-electron chi connectivity index (χ3n) is 2.92. The lowest BCUT2D eigenvalue weighted by atomic mass is 10.1. The van der Waals surface area contributed by atoms with Gasteiger partial charge in [0.2, 0.25) is 0 Å². The molecule has 5 heteroatoms. The second kappa shape index (κ2) is 7.11. The lowest BCUT2D eigenvalue weighted by molar-refractivity contribution is -0.118. The molecule has 0 saturated carbocycles. The molecule has 0 radical (unpaired) electrons. The molecule has 2 N–H and O–H groups in total. The van der Waals surface area contributed by atoms with Gasteiger partial charge in [0, 0.05) is 10.7 Å². The molecule has 21 heavy (non-hydrogen) atoms. The summed E-state index contributed by atoms with van der Waals surface area (Å²) >= 11 is 5.84. The van der Waals surface area contributed by atoms with E-state index < -0.39 is 0 Å². The molecule has 0 aliphatic heterocycles. The summed E-state index contributed by atoms with van der Waals surface area (Å²) < 4.78 is 5.37. The molecule has 0 aromatic heterocycles. The summed E-state index contributed by atoms with van der Waals surface area (Å²) in [7, 11) is 0. The normalized spacial score (nSPS) is 10.2. The van der Waals surface area contributed by atoms with Crippen molar-refractivity contribution in [3.8, 4) is 5.75 Å². The molecule has 110 valence electrons. The summed E-state index contributed by atoms with van der Waals surface area (Å²) in [5, 5.41) is 12.4. The van der Waals surface area contributed by atoms with Gasteiger partial charge in [-0.3, -0.25) is 4.79 Å². The van der Waals surface area contributed by atoms with Crippen LogP contribution in [-0.4, -0.2) is 17.6 Å². The van der Waals surface area contributed by atoms with Crippen LogP contribution in [0, 0.1) is 6.92 Å². The number of hydrogen-bond acceptors (Lipinski definition) is 3. The summed E-state index contributed by atoms with van der Waals surface area (Å²) in [6.45, 7) is 1.71. The average molecular weight is 306 g/mol. The molecule has 0 aliphatic rings. The monoisotopic (exact) mass is 305 g/mol. The van der Waals surface area contributed by atoms with Gasteiger partial charge in [-0.1, -0.05) is 29.8 Å². The minimum atomic E-state index is -0.270. The molecule has 0 saturated heterocycles. The number of aliphatic hydroxyl groups is 1. The fourth-order valence-corrected chi connectivity index (χ4v) is 1.97. The van der Waals surface area contributed by atoms with E-state index >= 15 is 0 Å². The van der Waals surface area contributed by atoms with Gasteiger partial charge >= 0.3 is 0 Å². The van der Waals surface area contributed by atoms with E-state index in [1.54, 1.807) is 30.3 Å². The number of anilines is 1. The summed E-state index contributed by atoms with van der Waals surface area (Å²) in [6.07, 6.45) is 0. The van der Waals surface area contributed by atoms with Crippen LogP contribution in [-0.2, 0) is 11.4 Å². The molecule has 0 unspecified atom stereocenters. The van der Waals surface area contributed by atoms with Crippen molar-refractivity contribution >= 4 is 23.2 Å². The molecule has 2 rings (SSSR count). The van der Waals surface area contributed by atoms with Crippen LogP contribution >= 0.6 is 11.6 Å². The lowest BCUT2D eigenvalue weighted by Gasteiger charge is -2.11. The van der Waals surface area contributed by atoms with Crippen molar-refractivity contribution in [1.82, 2.24) is 0 Å². The largest absolute Gasteiger partial charge is 0.484 e. The Morgan fingerprint density at radius 3 is 2.81 bits per heavy atom. The Morgan fingerprint density at radius 1 is 1.29 bits per heavy atom. The van der Waals surface area contributed by atoms with Gasteiger partial charge in [0.25, 0.3) is 5.91 Å². The number of aliphatic hydroxyl groups excluding tert-OH is 1. The number of carbonyl (C=O) groups is 1. The molecule has 0 aliphatic carbocycles. The van der Waals surface area contributed by atoms with E-state index in [0.29, 0.717) is 16.5 Å². The number of hydrogen-bond donors (Lipinski definition) is 2. The number of aryl methyl sites for hydroxylation is 1. The van der Waals surface area contributed by atoms with E-state index in [4.69, 9.17) is 21.4 Å². The van der Waals surface area contributed by atoms with Crippen molar-refractivity contribution in [1.29, 1.82) is 0 Å². The number of benzene rings is 2. The first kappa shape index (κ1) is 15.4. The van der Waals surface area contributed by atoms with E-state index in [1.807, 2.05) is 19.1 Å². The molecule has 0 heterocycles. The highest BCUT2D eigenvalue weighted by molar-refractivity contribution is 6.30. The van der Waals surface area contributed by atoms with Crippen molar-refractivity contribution in [2.45, 2.75) is 13.5 Å². The minimum absolute atomic E-state index is 0.0673. The van der Waals surface area contributed by atoms with Crippen LogP contribution in [0.25, 0.3) is 0 Å². The molecule has 0 fully saturated rings. The Labute approximate surface area is 128 Å². The van der Waals surface area contributed by atoms with Crippen molar-refractivity contribution in [2.24, 2.45) is 0 Å². The van der Waals surface area contributed by atoms with Gasteiger partial charge in [-0.2, -0.15) is 0 Å². The Balaban J connectivity index is 1.96. The van der Waals surface area contributed by atoms with Gasteiger partial charge < -0.3 is 15.2 Å². The number of amides is 1. The third-order valence-corrected chi connectivity index (χ3v) is 3.16. The predicted molar refractivity (Wildman–Crippen MR) is 82.7 cm³/mol. The minimum Gasteiger partial charge on any atom is -0.484 e. The number of carbonyl (C=O) groups excluding carboxylic acids is 1. The summed E-state index contributed by atoms with van der Waals surface area (Å²) in [4.78, 5) is 11.9. The molecule has 2 aromatic carbocycles. The number of ether oxygens (including phenoxy) is 1. The van der Waals surface area contributed by atoms with Crippen LogP contribution in [0.2, 0.25) is 5.02 Å². The molecule has 1 amide bonds. The van der Waals surface area contributed by atoms with Gasteiger partial charge in [-0.25, -0.2) is 0 Å². The van der Waals surface area contributed by atoms with Crippen LogP contribution in [0.3, 0.4) is 0 Å². The first-order valence-corrected chi connectivity index (χ1v) is 6.85. The van der Waals surface area contributed by atoms with Crippen molar-refractivity contribution < 1.29 is 14.6 Å². The van der Waals surface area contributed by atoms with Gasteiger partial charge in [-0.15, -0.1) is 0 Å². The predicted octanol–water partition coefficient (Wildman–Crippen LogP) is 3.16. The first-order chi connectivity index (χ1) is 10.1. The maximum absolute atomic E-state index is 11.9. The maximum atomic E-state index is 11.9. The van der Waals surface area contributed by atoms with Crippen molar-refractivity contribution in [3.05, 3.63) is 58.6 Å². The molecule has 0 spiro atoms. The highest BCUT2D eigenvalue weighted by atomic mass is 35.5. The van der Waals surface area contributed by atoms with Gasteiger partial charge in [0.15, 0.2) is 6.61 Å². The second-order valence-corrected chi connectivity index (χ2v) is 5.04. The highest BCUT2D eigenvalue weighted by Crippen LogP contribution is 2.18. The quantitative estimate of drug-likeness (QED) is 0.892. The second-order valence-electron chi connectivity index (χ2n) is 4.60. The Hall–Kier alpha value is -2.04. The summed E-state index contributed by atoms with van der Waals surface area (Å²) in [6, 6.07) is 12.3. The number of nitrogens with one attached hydrogen (secondary N) is 1. The van der Waals surface area contributed by atoms with Gasteiger partial charge in [-0.05, 0) is 42.3 Å². The lowest BCUT2D eigenvalue weighted by Crippen LogP contribution is -2.20. The summed E-state index contributed by atoms with van der Waals surface area (Å²) in [5.74, 6) is 0.270. The van der Waals surface area contributed by atoms with Crippen LogP contribution in [0.5, 0.6) is 5.75 Å². The maximum Gasteiger partial charge on any atom is 0.262 e. The molecular weight excluding hydrogens is 290 g/mol. The van der Waals surface area contributed by atoms with E-state index in [0.717, 1.165) is 11.1 Å². The fourth-order valence-electron chi connectivity index (χ4n) is 1.79. The zero-order chi connectivity index (χ0) is 15.2. The Morgan fingerprint density at radius 2 is 2.10 bits per heavy atom. The smallest absolute Gasteiger partial charge is 0.262 e. The van der Waals surface area contributed by atoms with E-state index in [9.17, 15) is 4.79 Å². The zero-order valence-electron chi connectivity index (χ0n) is 11.6. The molecule has 4 nitrogen and oxygen atoms in total. The standard InChI is InChI=1S/C16H16ClNO3/c1-11-5-6-12(9-19)7-15(11)18-16(20)10-21-14-4-2-3-13(17)8-14/h2-8,19H,9-10H2,1H3,(H,18,20). The van der Waals surface area contributed by atoms with Crippen LogP contribution in [0.15, 0.2) is 42.5 Å². The van der Waals surface area contributed by atoms with Crippen LogP contribution < -0.4 is 10.1 Å².